The summed E-state index contributed by atoms with van der Waals surface area (Å²) in [5.74, 6) is 1.54. The summed E-state index contributed by atoms with van der Waals surface area (Å²) in [5.41, 5.74) is 2.24. The van der Waals surface area contributed by atoms with Crippen molar-refractivity contribution in [1.29, 1.82) is 0 Å². The molecule has 2 aromatic carbocycles. The number of carbonyl (C=O) groups is 1. The van der Waals surface area contributed by atoms with E-state index in [4.69, 9.17) is 25.3 Å². The summed E-state index contributed by atoms with van der Waals surface area (Å²) in [6.45, 7) is 1.83. The van der Waals surface area contributed by atoms with Crippen LogP contribution in [0.3, 0.4) is 0 Å². The van der Waals surface area contributed by atoms with Crippen molar-refractivity contribution in [2.45, 2.75) is 26.4 Å². The van der Waals surface area contributed by atoms with Gasteiger partial charge in [0.15, 0.2) is 0 Å². The van der Waals surface area contributed by atoms with E-state index in [-0.39, 0.29) is 25.4 Å². The van der Waals surface area contributed by atoms with Crippen molar-refractivity contribution in [3.05, 3.63) is 77.0 Å². The minimum atomic E-state index is -0.384. The third kappa shape index (κ3) is 4.75. The normalized spacial score (nSPS) is 10.9. The van der Waals surface area contributed by atoms with Gasteiger partial charge in [0, 0.05) is 22.6 Å². The molecule has 0 aliphatic heterocycles. The maximum Gasteiger partial charge on any atom is 0.306 e. The summed E-state index contributed by atoms with van der Waals surface area (Å²) in [5, 5.41) is 4.56. The lowest BCUT2D eigenvalue weighted by atomic mass is 10.2. The van der Waals surface area contributed by atoms with Gasteiger partial charge >= 0.3 is 5.97 Å². The van der Waals surface area contributed by atoms with Crippen LogP contribution in [-0.2, 0) is 22.6 Å². The molecule has 0 amide bonds. The molecule has 0 aliphatic carbocycles. The molecule has 8 heteroatoms. The Kier molecular flexibility index (Phi) is 5.90. The van der Waals surface area contributed by atoms with E-state index in [1.54, 1.807) is 31.2 Å². The van der Waals surface area contributed by atoms with Crippen molar-refractivity contribution in [2.24, 2.45) is 0 Å². The Balaban J connectivity index is 1.30. The quantitative estimate of drug-likeness (QED) is 0.385. The molecular weight excluding hydrogens is 406 g/mol. The van der Waals surface area contributed by atoms with E-state index in [0.29, 0.717) is 34.1 Å². The van der Waals surface area contributed by atoms with Gasteiger partial charge < -0.3 is 13.7 Å². The molecule has 30 heavy (non-hydrogen) atoms. The molecule has 0 radical (unpaired) electrons. The molecular formula is C22H18ClN3O4. The standard InChI is InChI=1S/C22H18ClN3O4/c1-14-18(24-22(29-14)16-5-3-2-4-6-16)13-28-20(27)12-11-19-25-21(26-30-19)15-7-9-17(23)10-8-15/h2-10H,11-13H2,1H3. The average molecular weight is 424 g/mol. The maximum atomic E-state index is 12.1. The van der Waals surface area contributed by atoms with Gasteiger partial charge in [-0.2, -0.15) is 4.98 Å². The highest BCUT2D eigenvalue weighted by Crippen LogP contribution is 2.22. The van der Waals surface area contributed by atoms with Crippen LogP contribution in [0.4, 0.5) is 0 Å². The average Bonchev–Trinajstić information content (AvgIpc) is 3.39. The van der Waals surface area contributed by atoms with Gasteiger partial charge in [-0.05, 0) is 43.3 Å². The third-order valence-electron chi connectivity index (χ3n) is 4.40. The minimum absolute atomic E-state index is 0.0425. The van der Waals surface area contributed by atoms with Crippen LogP contribution in [-0.4, -0.2) is 21.1 Å². The van der Waals surface area contributed by atoms with Crippen molar-refractivity contribution in [2.75, 3.05) is 0 Å². The first kappa shape index (κ1) is 19.8. The molecule has 7 nitrogen and oxygen atoms in total. The fourth-order valence-electron chi connectivity index (χ4n) is 2.77. The lowest BCUT2D eigenvalue weighted by Crippen LogP contribution is -2.07. The molecule has 0 saturated carbocycles. The molecule has 4 rings (SSSR count). The second kappa shape index (κ2) is 8.92. The second-order valence-corrected chi connectivity index (χ2v) is 7.00. The SMILES string of the molecule is Cc1oc(-c2ccccc2)nc1COC(=O)CCc1nc(-c2ccc(Cl)cc2)no1. The minimum Gasteiger partial charge on any atom is -0.459 e. The number of esters is 1. The number of hydrogen-bond acceptors (Lipinski definition) is 7. The van der Waals surface area contributed by atoms with Gasteiger partial charge in [-0.25, -0.2) is 4.98 Å². The Morgan fingerprint density at radius 1 is 1.03 bits per heavy atom. The van der Waals surface area contributed by atoms with Crippen LogP contribution in [0.5, 0.6) is 0 Å². The van der Waals surface area contributed by atoms with E-state index in [2.05, 4.69) is 15.1 Å². The summed E-state index contributed by atoms with van der Waals surface area (Å²) in [7, 11) is 0. The van der Waals surface area contributed by atoms with Crippen LogP contribution in [0.2, 0.25) is 5.02 Å². The summed E-state index contributed by atoms with van der Waals surface area (Å²) in [4.78, 5) is 20.8. The van der Waals surface area contributed by atoms with Gasteiger partial charge in [-0.1, -0.05) is 35.0 Å². The van der Waals surface area contributed by atoms with Gasteiger partial charge in [0.2, 0.25) is 17.6 Å². The zero-order valence-corrected chi connectivity index (χ0v) is 16.9. The Hall–Kier alpha value is -3.45. The maximum absolute atomic E-state index is 12.1. The summed E-state index contributed by atoms with van der Waals surface area (Å²) >= 11 is 5.88. The first-order valence-corrected chi connectivity index (χ1v) is 9.72. The van der Waals surface area contributed by atoms with E-state index in [0.717, 1.165) is 11.1 Å². The van der Waals surface area contributed by atoms with Gasteiger partial charge in [-0.15, -0.1) is 0 Å². The highest BCUT2D eigenvalue weighted by Gasteiger charge is 2.15. The largest absolute Gasteiger partial charge is 0.459 e. The Labute approximate surface area is 177 Å². The van der Waals surface area contributed by atoms with Crippen LogP contribution in [0.15, 0.2) is 63.5 Å². The molecule has 0 spiro atoms. The summed E-state index contributed by atoms with van der Waals surface area (Å²) in [6.07, 6.45) is 0.400. The number of oxazole rings is 1. The number of aromatic nitrogens is 3. The fourth-order valence-corrected chi connectivity index (χ4v) is 2.89. The van der Waals surface area contributed by atoms with Crippen molar-refractivity contribution < 1.29 is 18.5 Å². The Morgan fingerprint density at radius 3 is 2.57 bits per heavy atom. The number of halogens is 1. The first-order valence-electron chi connectivity index (χ1n) is 9.34. The van der Waals surface area contributed by atoms with Gasteiger partial charge in [-0.3, -0.25) is 4.79 Å². The lowest BCUT2D eigenvalue weighted by Gasteiger charge is -2.01. The Bertz CT molecular complexity index is 1140. The van der Waals surface area contributed by atoms with Gasteiger partial charge in [0.1, 0.15) is 18.1 Å². The van der Waals surface area contributed by atoms with Gasteiger partial charge in [0.25, 0.3) is 0 Å². The zero-order chi connectivity index (χ0) is 20.9. The van der Waals surface area contributed by atoms with Crippen LogP contribution in [0.25, 0.3) is 22.8 Å². The molecule has 0 fully saturated rings. The number of benzene rings is 2. The van der Waals surface area contributed by atoms with Gasteiger partial charge in [0.05, 0.1) is 6.42 Å². The number of carbonyl (C=O) groups excluding carboxylic acids is 1. The molecule has 2 aromatic heterocycles. The molecule has 152 valence electrons. The van der Waals surface area contributed by atoms with Crippen molar-refractivity contribution in [1.82, 2.24) is 15.1 Å². The van der Waals surface area contributed by atoms with Crippen molar-refractivity contribution in [3.8, 4) is 22.8 Å². The van der Waals surface area contributed by atoms with Crippen molar-refractivity contribution in [3.63, 3.8) is 0 Å². The molecule has 0 aliphatic rings. The number of hydrogen-bond donors (Lipinski definition) is 0. The molecule has 0 bridgehead atoms. The van der Waals surface area contributed by atoms with E-state index < -0.39 is 0 Å². The lowest BCUT2D eigenvalue weighted by molar-refractivity contribution is -0.145. The van der Waals surface area contributed by atoms with Crippen LogP contribution in [0, 0.1) is 6.92 Å². The molecule has 4 aromatic rings. The molecule has 0 saturated heterocycles. The molecule has 2 heterocycles. The van der Waals surface area contributed by atoms with Crippen LogP contribution in [0.1, 0.15) is 23.8 Å². The first-order chi connectivity index (χ1) is 14.6. The van der Waals surface area contributed by atoms with E-state index in [1.165, 1.54) is 0 Å². The van der Waals surface area contributed by atoms with Crippen LogP contribution >= 0.6 is 11.6 Å². The molecule has 0 N–H and O–H groups in total. The monoisotopic (exact) mass is 423 g/mol. The van der Waals surface area contributed by atoms with Crippen molar-refractivity contribution >= 4 is 17.6 Å². The number of nitrogens with zero attached hydrogens (tertiary/aromatic N) is 3. The third-order valence-corrected chi connectivity index (χ3v) is 4.65. The summed E-state index contributed by atoms with van der Waals surface area (Å²) in [6, 6.07) is 16.6. The number of aryl methyl sites for hydroxylation is 2. The number of ether oxygens (including phenoxy) is 1. The second-order valence-electron chi connectivity index (χ2n) is 6.57. The topological polar surface area (TPSA) is 91.2 Å². The van der Waals surface area contributed by atoms with E-state index >= 15 is 0 Å². The predicted molar refractivity (Wildman–Crippen MR) is 110 cm³/mol. The Morgan fingerprint density at radius 2 is 1.80 bits per heavy atom. The molecule has 0 unspecified atom stereocenters. The summed E-state index contributed by atoms with van der Waals surface area (Å²) < 4.78 is 16.2. The highest BCUT2D eigenvalue weighted by molar-refractivity contribution is 6.30. The smallest absolute Gasteiger partial charge is 0.306 e. The highest BCUT2D eigenvalue weighted by atomic mass is 35.5. The predicted octanol–water partition coefficient (Wildman–Crippen LogP) is 5.03. The molecule has 0 atom stereocenters. The van der Waals surface area contributed by atoms with Crippen LogP contribution < -0.4 is 0 Å². The zero-order valence-electron chi connectivity index (χ0n) is 16.2. The fraction of sp³-hybridized carbons (Fsp3) is 0.182. The number of rotatable bonds is 7. The van der Waals surface area contributed by atoms with E-state index in [1.807, 2.05) is 30.3 Å². The van der Waals surface area contributed by atoms with E-state index in [9.17, 15) is 4.79 Å².